The van der Waals surface area contributed by atoms with Crippen LogP contribution in [-0.2, 0) is 20.0 Å². The van der Waals surface area contributed by atoms with Crippen molar-refractivity contribution in [3.05, 3.63) is 0 Å². The van der Waals surface area contributed by atoms with Crippen LogP contribution in [0.25, 0.3) is 0 Å². The van der Waals surface area contributed by atoms with E-state index in [2.05, 4.69) is 0 Å². The second kappa shape index (κ2) is 23.9. The zero-order valence-electron chi connectivity index (χ0n) is 2.26. The van der Waals surface area contributed by atoms with E-state index in [0.717, 1.165) is 0 Å². The molecule has 0 atom stereocenters. The SMILES string of the molecule is C.O=[SH-]=O.[Li+]. The van der Waals surface area contributed by atoms with Crippen molar-refractivity contribution in [2.75, 3.05) is 0 Å². The molecule has 0 saturated heterocycles. The third-order valence-corrected chi connectivity index (χ3v) is 0. The van der Waals surface area contributed by atoms with Gasteiger partial charge in [0.15, 0.2) is 0 Å². The summed E-state index contributed by atoms with van der Waals surface area (Å²) in [4.78, 5) is 0. The van der Waals surface area contributed by atoms with E-state index in [4.69, 9.17) is 8.42 Å². The summed E-state index contributed by atoms with van der Waals surface area (Å²) in [5.41, 5.74) is 0. The molecule has 0 heterocycles. The smallest absolute Gasteiger partial charge is 0.427 e. The van der Waals surface area contributed by atoms with Gasteiger partial charge in [-0.15, -0.1) is 0 Å². The van der Waals surface area contributed by atoms with Gasteiger partial charge in [-0.2, -0.15) is 0 Å². The molecule has 0 aromatic carbocycles. The zero-order valence-corrected chi connectivity index (χ0v) is 3.16. The molecule has 0 aliphatic rings. The van der Waals surface area contributed by atoms with Crippen LogP contribution in [-0.4, -0.2) is 0 Å². The molecule has 0 bridgehead atoms. The summed E-state index contributed by atoms with van der Waals surface area (Å²) in [5, 5.41) is 0. The van der Waals surface area contributed by atoms with Crippen LogP contribution in [0.1, 0.15) is 7.43 Å². The molecule has 0 amide bonds. The van der Waals surface area contributed by atoms with E-state index in [1.807, 2.05) is 0 Å². The Labute approximate surface area is 46.7 Å². The number of hydrogen-bond acceptors (Lipinski definition) is 3. The zero-order chi connectivity index (χ0) is 2.71. The standard InChI is InChI=1S/CH4.Li.HO2S/c;;1-3-2/h1H4;;3H/q;+1;-1. The van der Waals surface area contributed by atoms with Crippen LogP contribution in [0.15, 0.2) is 0 Å². The predicted octanol–water partition coefficient (Wildman–Crippen LogP) is -2.87. The van der Waals surface area contributed by atoms with Gasteiger partial charge in [0.2, 0.25) is 0 Å². The van der Waals surface area contributed by atoms with Crippen LogP contribution >= 0.6 is 0 Å². The molecule has 0 fully saturated rings. The van der Waals surface area contributed by atoms with Crippen LogP contribution < -0.4 is 18.9 Å². The maximum atomic E-state index is 8.35. The Balaban J connectivity index is -0.0000000200. The van der Waals surface area contributed by atoms with Crippen molar-refractivity contribution in [2.24, 2.45) is 0 Å². The average Bonchev–Trinajstić information content (AvgIpc) is 0.918. The molecular weight excluding hydrogens is 83.0 g/mol. The summed E-state index contributed by atoms with van der Waals surface area (Å²) in [6.45, 7) is 0. The number of thiol groups is 1. The second-order valence-electron chi connectivity index (χ2n) is 0.0745. The van der Waals surface area contributed by atoms with Crippen LogP contribution in [0, 0.1) is 0 Å². The molecule has 0 aliphatic heterocycles. The van der Waals surface area contributed by atoms with Crippen molar-refractivity contribution in [3.8, 4) is 0 Å². The van der Waals surface area contributed by atoms with Gasteiger partial charge in [0.25, 0.3) is 0 Å². The van der Waals surface area contributed by atoms with E-state index in [1.165, 1.54) is 0 Å². The van der Waals surface area contributed by atoms with Gasteiger partial charge in [0.05, 0.1) is 0 Å². The summed E-state index contributed by atoms with van der Waals surface area (Å²) in [5.74, 6) is 0. The average molecular weight is 88.1 g/mol. The molecule has 0 N–H and O–H groups in total. The minimum atomic E-state index is -1.08. The Hall–Kier alpha value is 0.547. The quantitative estimate of drug-likeness (QED) is 0.181. The van der Waals surface area contributed by atoms with Crippen molar-refractivity contribution in [2.45, 2.75) is 7.43 Å². The summed E-state index contributed by atoms with van der Waals surface area (Å²) >= 11 is -1.08. The van der Waals surface area contributed by atoms with Gasteiger partial charge in [-0.25, -0.2) is 0 Å². The molecule has 0 saturated carbocycles. The van der Waals surface area contributed by atoms with Crippen molar-refractivity contribution >= 4 is 11.6 Å². The molecule has 0 unspecified atom stereocenters. The largest absolute Gasteiger partial charge is 1.00 e. The van der Waals surface area contributed by atoms with Crippen molar-refractivity contribution in [1.82, 2.24) is 0 Å². The summed E-state index contributed by atoms with van der Waals surface area (Å²) < 4.78 is 16.7. The molecule has 0 radical (unpaired) electrons. The molecule has 5 heavy (non-hydrogen) atoms. The second-order valence-corrected chi connectivity index (χ2v) is 0.224. The van der Waals surface area contributed by atoms with Gasteiger partial charge in [-0.3, -0.25) is 0 Å². The van der Waals surface area contributed by atoms with E-state index in [0.29, 0.717) is 0 Å². The predicted molar refractivity (Wildman–Crippen MR) is 16.9 cm³/mol. The molecule has 0 rings (SSSR count). The Morgan fingerprint density at radius 1 is 1.20 bits per heavy atom. The first-order valence-electron chi connectivity index (χ1n) is 0.365. The van der Waals surface area contributed by atoms with Crippen LogP contribution in [0.3, 0.4) is 0 Å². The Bertz CT molecular complexity index is 30.6. The first kappa shape index (κ1) is 17.7. The van der Waals surface area contributed by atoms with Gasteiger partial charge in [-0.1, -0.05) is 19.0 Å². The van der Waals surface area contributed by atoms with E-state index in [-0.39, 0.29) is 26.3 Å². The first-order valence-corrected chi connectivity index (χ1v) is 1.10. The van der Waals surface area contributed by atoms with E-state index in [9.17, 15) is 0 Å². The van der Waals surface area contributed by atoms with Gasteiger partial charge in [0.1, 0.15) is 0 Å². The summed E-state index contributed by atoms with van der Waals surface area (Å²) in [6, 6.07) is 0. The Morgan fingerprint density at radius 2 is 1.20 bits per heavy atom. The number of hydrogen-bond donors (Lipinski definition) is 0. The van der Waals surface area contributed by atoms with Crippen LogP contribution in [0.4, 0.5) is 0 Å². The molecular formula is CH5LiO2S. The van der Waals surface area contributed by atoms with E-state index >= 15 is 0 Å². The van der Waals surface area contributed by atoms with Gasteiger partial charge in [0, 0.05) is 0 Å². The fourth-order valence-corrected chi connectivity index (χ4v) is 0. The Morgan fingerprint density at radius 3 is 1.20 bits per heavy atom. The molecule has 0 spiro atoms. The van der Waals surface area contributed by atoms with Crippen molar-refractivity contribution < 1.29 is 27.3 Å². The Kier molecular flexibility index (Phi) is 84.5. The maximum Gasteiger partial charge on any atom is 1.00 e. The minimum Gasteiger partial charge on any atom is -0.427 e. The molecule has 4 heteroatoms. The fraction of sp³-hybridized carbons (Fsp3) is 1.00. The summed E-state index contributed by atoms with van der Waals surface area (Å²) in [6.07, 6.45) is 0. The third-order valence-electron chi connectivity index (χ3n) is 0. The summed E-state index contributed by atoms with van der Waals surface area (Å²) in [7, 11) is 0. The molecule has 0 aromatic rings. The molecule has 28 valence electrons. The maximum absolute atomic E-state index is 8.35. The monoisotopic (exact) mass is 88.0 g/mol. The topological polar surface area (TPSA) is 34.1 Å². The number of rotatable bonds is 0. The van der Waals surface area contributed by atoms with Gasteiger partial charge < -0.3 is 8.42 Å². The van der Waals surface area contributed by atoms with E-state index in [1.54, 1.807) is 0 Å². The molecule has 0 aromatic heterocycles. The third kappa shape index (κ3) is 98.5. The van der Waals surface area contributed by atoms with Crippen LogP contribution in [0.2, 0.25) is 0 Å². The first-order chi connectivity index (χ1) is 1.41. The van der Waals surface area contributed by atoms with Crippen LogP contribution in [0.5, 0.6) is 0 Å². The van der Waals surface area contributed by atoms with Crippen molar-refractivity contribution in [1.29, 1.82) is 0 Å². The van der Waals surface area contributed by atoms with Gasteiger partial charge >= 0.3 is 18.9 Å². The fourth-order valence-electron chi connectivity index (χ4n) is 0. The normalized spacial score (nSPS) is 3.20. The van der Waals surface area contributed by atoms with Gasteiger partial charge in [-0.05, 0) is 0 Å². The molecule has 0 aliphatic carbocycles. The van der Waals surface area contributed by atoms with E-state index < -0.39 is 11.6 Å². The van der Waals surface area contributed by atoms with Crippen molar-refractivity contribution in [3.63, 3.8) is 0 Å². The molecule has 2 nitrogen and oxygen atoms in total. The minimum absolute atomic E-state index is 0.